The van der Waals surface area contributed by atoms with Crippen LogP contribution in [0.15, 0.2) is 78.9 Å². The average Bonchev–Trinajstić information content (AvgIpc) is 3.03. The fourth-order valence-electron chi connectivity index (χ4n) is 4.44. The van der Waals surface area contributed by atoms with E-state index in [4.69, 9.17) is 4.74 Å². The van der Waals surface area contributed by atoms with Gasteiger partial charge in [0.2, 0.25) is 11.8 Å². The van der Waals surface area contributed by atoms with Crippen molar-refractivity contribution in [2.75, 3.05) is 19.7 Å². The summed E-state index contributed by atoms with van der Waals surface area (Å²) < 4.78 is 5.60. The van der Waals surface area contributed by atoms with E-state index in [-0.39, 0.29) is 25.5 Å². The van der Waals surface area contributed by atoms with Crippen molar-refractivity contribution in [3.63, 3.8) is 0 Å². The molecule has 3 rings (SSSR count). The lowest BCUT2D eigenvalue weighted by Crippen LogP contribution is -2.49. The zero-order valence-electron chi connectivity index (χ0n) is 25.5. The van der Waals surface area contributed by atoms with E-state index in [0.717, 1.165) is 24.0 Å². The highest BCUT2D eigenvalue weighted by Crippen LogP contribution is 2.14. The van der Waals surface area contributed by atoms with E-state index < -0.39 is 35.8 Å². The molecule has 0 aliphatic carbocycles. The Bertz CT molecular complexity index is 1440. The van der Waals surface area contributed by atoms with E-state index in [9.17, 15) is 29.1 Å². The summed E-state index contributed by atoms with van der Waals surface area (Å²) >= 11 is 0. The number of aliphatic carboxylic acids is 1. The second-order valence-corrected chi connectivity index (χ2v) is 10.5. The lowest BCUT2D eigenvalue weighted by Gasteiger charge is -2.19. The van der Waals surface area contributed by atoms with E-state index in [0.29, 0.717) is 29.8 Å². The highest BCUT2D eigenvalue weighted by molar-refractivity contribution is 5.98. The molecule has 0 spiro atoms. The summed E-state index contributed by atoms with van der Waals surface area (Å²) in [4.78, 5) is 62.0. The Morgan fingerprint density at radius 2 is 1.38 bits per heavy atom. The van der Waals surface area contributed by atoms with Crippen LogP contribution in [0, 0.1) is 6.92 Å². The molecule has 11 nitrogen and oxygen atoms in total. The highest BCUT2D eigenvalue weighted by Gasteiger charge is 2.22. The van der Waals surface area contributed by atoms with Crippen LogP contribution in [0.1, 0.15) is 46.8 Å². The minimum absolute atomic E-state index is 0.0120. The zero-order chi connectivity index (χ0) is 32.6. The Morgan fingerprint density at radius 3 is 2.04 bits per heavy atom. The maximum absolute atomic E-state index is 12.8. The molecule has 238 valence electrons. The predicted molar refractivity (Wildman–Crippen MR) is 169 cm³/mol. The van der Waals surface area contributed by atoms with Crippen LogP contribution in [0.5, 0.6) is 5.75 Å². The quantitative estimate of drug-likeness (QED) is 0.146. The molecule has 0 saturated carbocycles. The molecule has 5 N–H and O–H groups in total. The summed E-state index contributed by atoms with van der Waals surface area (Å²) in [7, 11) is 0. The monoisotopic (exact) mass is 616 g/mol. The van der Waals surface area contributed by atoms with Gasteiger partial charge in [-0.25, -0.2) is 4.79 Å². The van der Waals surface area contributed by atoms with Gasteiger partial charge in [0.05, 0.1) is 6.54 Å². The first-order valence-corrected chi connectivity index (χ1v) is 14.8. The number of unbranched alkanes of at least 4 members (excludes halogenated alkanes) is 1. The zero-order valence-corrected chi connectivity index (χ0v) is 25.5. The van der Waals surface area contributed by atoms with Gasteiger partial charge in [-0.15, -0.1) is 0 Å². The van der Waals surface area contributed by atoms with E-state index in [2.05, 4.69) is 21.3 Å². The van der Waals surface area contributed by atoms with Crippen molar-refractivity contribution in [1.82, 2.24) is 21.3 Å². The number of carbonyl (C=O) groups is 5. The van der Waals surface area contributed by atoms with Crippen molar-refractivity contribution >= 4 is 29.6 Å². The maximum atomic E-state index is 12.8. The largest absolute Gasteiger partial charge is 0.484 e. The van der Waals surface area contributed by atoms with E-state index in [1.807, 2.05) is 37.3 Å². The van der Waals surface area contributed by atoms with Gasteiger partial charge in [-0.3, -0.25) is 19.2 Å². The van der Waals surface area contributed by atoms with Gasteiger partial charge < -0.3 is 31.1 Å². The van der Waals surface area contributed by atoms with Crippen LogP contribution in [0.4, 0.5) is 0 Å². The van der Waals surface area contributed by atoms with Crippen molar-refractivity contribution in [2.24, 2.45) is 0 Å². The van der Waals surface area contributed by atoms with Crippen LogP contribution in [-0.4, -0.2) is 66.5 Å². The Hall–Kier alpha value is -5.19. The molecule has 0 saturated heterocycles. The fraction of sp³-hybridized carbons (Fsp3) is 0.324. The molecule has 11 heteroatoms. The third-order valence-electron chi connectivity index (χ3n) is 6.93. The SMILES string of the molecule is CCCCNC(=O)C(Cc1ccccc1)NC(=O)COc1ccc(C[C@H](NC(=O)CNC(=O)c2ccccc2C)C(=O)O)cc1. The maximum Gasteiger partial charge on any atom is 0.326 e. The van der Waals surface area contributed by atoms with Gasteiger partial charge in [0.15, 0.2) is 6.61 Å². The summed E-state index contributed by atoms with van der Waals surface area (Å²) in [6, 6.07) is 20.8. The topological polar surface area (TPSA) is 163 Å². The first-order valence-electron chi connectivity index (χ1n) is 14.8. The van der Waals surface area contributed by atoms with Crippen LogP contribution in [0.2, 0.25) is 0 Å². The third kappa shape index (κ3) is 11.8. The molecular weight excluding hydrogens is 576 g/mol. The molecule has 0 heterocycles. The third-order valence-corrected chi connectivity index (χ3v) is 6.93. The van der Waals surface area contributed by atoms with Gasteiger partial charge in [0.25, 0.3) is 11.8 Å². The highest BCUT2D eigenvalue weighted by atomic mass is 16.5. The molecule has 0 radical (unpaired) electrons. The number of hydrogen-bond donors (Lipinski definition) is 5. The molecule has 0 aliphatic rings. The average molecular weight is 617 g/mol. The number of ether oxygens (including phenoxy) is 1. The normalized spacial score (nSPS) is 11.9. The van der Waals surface area contributed by atoms with Gasteiger partial charge in [-0.1, -0.05) is 74.0 Å². The van der Waals surface area contributed by atoms with E-state index >= 15 is 0 Å². The fourth-order valence-corrected chi connectivity index (χ4v) is 4.44. The van der Waals surface area contributed by atoms with Gasteiger partial charge >= 0.3 is 5.97 Å². The summed E-state index contributed by atoms with van der Waals surface area (Å²) in [5, 5.41) is 20.2. The molecule has 0 aliphatic heterocycles. The van der Waals surface area contributed by atoms with Crippen molar-refractivity contribution in [1.29, 1.82) is 0 Å². The smallest absolute Gasteiger partial charge is 0.326 e. The molecule has 4 amide bonds. The van der Waals surface area contributed by atoms with Gasteiger partial charge in [0, 0.05) is 24.9 Å². The van der Waals surface area contributed by atoms with Crippen LogP contribution in [0.3, 0.4) is 0 Å². The number of amides is 4. The first-order chi connectivity index (χ1) is 21.7. The number of hydrogen-bond acceptors (Lipinski definition) is 6. The second kappa shape index (κ2) is 17.8. The Morgan fingerprint density at radius 1 is 0.756 bits per heavy atom. The molecule has 2 atom stereocenters. The van der Waals surface area contributed by atoms with Gasteiger partial charge in [-0.05, 0) is 48.2 Å². The standard InChI is InChI=1S/C34H40N4O7/c1-3-4-18-35-33(42)28(19-24-11-6-5-7-12-24)37-31(40)22-45-26-16-14-25(15-17-26)20-29(34(43)44)38-30(39)21-36-32(41)27-13-9-8-10-23(27)2/h5-17,28-29H,3-4,18-22H2,1-2H3,(H,35,42)(H,36,41)(H,37,40)(H,38,39)(H,43,44)/t28?,29-/m0/s1. The van der Waals surface area contributed by atoms with Crippen LogP contribution >= 0.6 is 0 Å². The van der Waals surface area contributed by atoms with Crippen LogP contribution < -0.4 is 26.0 Å². The minimum atomic E-state index is -1.23. The van der Waals surface area contributed by atoms with Gasteiger partial charge in [0.1, 0.15) is 17.8 Å². The minimum Gasteiger partial charge on any atom is -0.484 e. The molecule has 45 heavy (non-hydrogen) atoms. The lowest BCUT2D eigenvalue weighted by atomic mass is 10.1. The van der Waals surface area contributed by atoms with Crippen molar-refractivity contribution < 1.29 is 33.8 Å². The van der Waals surface area contributed by atoms with Crippen molar-refractivity contribution in [3.05, 3.63) is 101 Å². The number of carboxylic acid groups (broad SMARTS) is 1. The number of benzene rings is 3. The number of rotatable bonds is 17. The van der Waals surface area contributed by atoms with E-state index in [1.54, 1.807) is 55.5 Å². The van der Waals surface area contributed by atoms with Crippen molar-refractivity contribution in [3.8, 4) is 5.75 Å². The Balaban J connectivity index is 1.49. The molecular formula is C34H40N4O7. The molecule has 3 aromatic rings. The summed E-state index contributed by atoms with van der Waals surface area (Å²) in [5.74, 6) is -2.65. The molecule has 0 fully saturated rings. The number of carbonyl (C=O) groups excluding carboxylic acids is 4. The Kier molecular flexibility index (Phi) is 13.6. The predicted octanol–water partition coefficient (Wildman–Crippen LogP) is 2.56. The molecule has 0 aromatic heterocycles. The molecule has 3 aromatic carbocycles. The second-order valence-electron chi connectivity index (χ2n) is 10.5. The van der Waals surface area contributed by atoms with Crippen LogP contribution in [0.25, 0.3) is 0 Å². The van der Waals surface area contributed by atoms with Crippen LogP contribution in [-0.2, 0) is 32.0 Å². The van der Waals surface area contributed by atoms with Gasteiger partial charge in [-0.2, -0.15) is 0 Å². The van der Waals surface area contributed by atoms with E-state index in [1.165, 1.54) is 0 Å². The Labute approximate surface area is 262 Å². The number of carboxylic acids is 1. The van der Waals surface area contributed by atoms with Crippen molar-refractivity contribution in [2.45, 2.75) is 51.6 Å². The summed E-state index contributed by atoms with van der Waals surface area (Å²) in [6.45, 7) is 3.63. The summed E-state index contributed by atoms with van der Waals surface area (Å²) in [5.41, 5.74) is 2.70. The number of aryl methyl sites for hydroxylation is 1. The molecule has 0 bridgehead atoms. The summed E-state index contributed by atoms with van der Waals surface area (Å²) in [6.07, 6.45) is 2.09. The first kappa shape index (κ1) is 34.3. The molecule has 1 unspecified atom stereocenters. The number of nitrogens with one attached hydrogen (secondary N) is 4. The lowest BCUT2D eigenvalue weighted by molar-refractivity contribution is -0.141.